The number of rotatable bonds is 4. The van der Waals surface area contributed by atoms with Gasteiger partial charge in [-0.2, -0.15) is 0 Å². The first-order chi connectivity index (χ1) is 14.5. The molecule has 4 rings (SSSR count). The maximum Gasteiger partial charge on any atom is 0.136 e. The van der Waals surface area contributed by atoms with E-state index in [1.165, 1.54) is 17.7 Å². The van der Waals surface area contributed by atoms with Gasteiger partial charge in [0.25, 0.3) is 0 Å². The van der Waals surface area contributed by atoms with Crippen molar-refractivity contribution in [3.8, 4) is 23.0 Å². The van der Waals surface area contributed by atoms with E-state index < -0.39 is 0 Å². The van der Waals surface area contributed by atoms with Crippen LogP contribution in [0.15, 0.2) is 42.5 Å². The Balaban J connectivity index is 1.72. The molecule has 4 N–H and O–H groups in total. The SMILES string of the molecule is C=c1cc(O)c2c(O)c(=CN3CCCCN3CCc3ccccc3)cc(O)c2c1O. The third-order valence-electron chi connectivity index (χ3n) is 5.62. The van der Waals surface area contributed by atoms with Gasteiger partial charge in [0.05, 0.1) is 10.8 Å². The third-order valence-corrected chi connectivity index (χ3v) is 5.62. The second kappa shape index (κ2) is 8.16. The molecule has 0 bridgehead atoms. The van der Waals surface area contributed by atoms with Gasteiger partial charge in [-0.15, -0.1) is 0 Å². The molecule has 0 spiro atoms. The summed E-state index contributed by atoms with van der Waals surface area (Å²) in [5.74, 6) is -0.913. The first kappa shape index (κ1) is 19.9. The fourth-order valence-corrected chi connectivity index (χ4v) is 4.02. The number of fused-ring (bicyclic) bond motifs is 1. The van der Waals surface area contributed by atoms with Gasteiger partial charge in [0.2, 0.25) is 0 Å². The highest BCUT2D eigenvalue weighted by Crippen LogP contribution is 2.38. The standard InChI is InChI=1S/C24H26N2O4/c1-16-13-19(27)22-21(23(16)29)20(28)14-18(24(22)30)15-26-11-6-5-10-25(26)12-9-17-7-3-2-4-8-17/h2-4,7-8,13-15,27-30H,1,5-6,9-12H2. The van der Waals surface area contributed by atoms with Gasteiger partial charge in [-0.05, 0) is 37.0 Å². The highest BCUT2D eigenvalue weighted by molar-refractivity contribution is 6.01. The van der Waals surface area contributed by atoms with E-state index in [1.807, 2.05) is 18.2 Å². The van der Waals surface area contributed by atoms with Crippen LogP contribution in [0.4, 0.5) is 0 Å². The quantitative estimate of drug-likeness (QED) is 0.498. The summed E-state index contributed by atoms with van der Waals surface area (Å²) >= 11 is 0. The van der Waals surface area contributed by atoms with E-state index in [0.29, 0.717) is 5.22 Å². The summed E-state index contributed by atoms with van der Waals surface area (Å²) in [6, 6.07) is 13.0. The first-order valence-corrected chi connectivity index (χ1v) is 10.1. The molecule has 0 aliphatic carbocycles. The summed E-state index contributed by atoms with van der Waals surface area (Å²) in [7, 11) is 0. The lowest BCUT2D eigenvalue weighted by molar-refractivity contribution is 0.0117. The van der Waals surface area contributed by atoms with Crippen molar-refractivity contribution < 1.29 is 20.4 Å². The van der Waals surface area contributed by atoms with Gasteiger partial charge in [-0.25, -0.2) is 5.01 Å². The monoisotopic (exact) mass is 406 g/mol. The van der Waals surface area contributed by atoms with Crippen molar-refractivity contribution in [3.63, 3.8) is 0 Å². The summed E-state index contributed by atoms with van der Waals surface area (Å²) < 4.78 is 0. The molecule has 3 aromatic carbocycles. The minimum Gasteiger partial charge on any atom is -0.507 e. The molecule has 0 radical (unpaired) electrons. The van der Waals surface area contributed by atoms with Crippen LogP contribution < -0.4 is 10.4 Å². The third kappa shape index (κ3) is 3.74. The fourth-order valence-electron chi connectivity index (χ4n) is 4.02. The summed E-state index contributed by atoms with van der Waals surface area (Å²) in [5, 5.41) is 46.7. The van der Waals surface area contributed by atoms with Crippen LogP contribution in [-0.4, -0.2) is 50.1 Å². The van der Waals surface area contributed by atoms with E-state index >= 15 is 0 Å². The lowest BCUT2D eigenvalue weighted by Gasteiger charge is -2.38. The Labute approximate surface area is 174 Å². The van der Waals surface area contributed by atoms with Crippen LogP contribution in [0.3, 0.4) is 0 Å². The largest absolute Gasteiger partial charge is 0.507 e. The molecule has 1 saturated heterocycles. The van der Waals surface area contributed by atoms with Gasteiger partial charge in [-0.3, -0.25) is 0 Å². The fraction of sp³-hybridized carbons (Fsp3) is 0.250. The lowest BCUT2D eigenvalue weighted by Crippen LogP contribution is -2.45. The zero-order chi connectivity index (χ0) is 21.3. The Morgan fingerprint density at radius 3 is 2.30 bits per heavy atom. The van der Waals surface area contributed by atoms with Crippen molar-refractivity contribution >= 4 is 23.6 Å². The molecule has 0 saturated carbocycles. The molecule has 6 heteroatoms. The van der Waals surface area contributed by atoms with Gasteiger partial charge in [0.1, 0.15) is 23.0 Å². The lowest BCUT2D eigenvalue weighted by atomic mass is 10.0. The van der Waals surface area contributed by atoms with Gasteiger partial charge < -0.3 is 25.4 Å². The van der Waals surface area contributed by atoms with Crippen LogP contribution >= 0.6 is 0 Å². The summed E-state index contributed by atoms with van der Waals surface area (Å²) in [6.07, 6.45) is 4.80. The summed E-state index contributed by atoms with van der Waals surface area (Å²) in [6.45, 7) is 6.18. The molecule has 0 aromatic heterocycles. The topological polar surface area (TPSA) is 87.4 Å². The second-order valence-corrected chi connectivity index (χ2v) is 7.68. The van der Waals surface area contributed by atoms with E-state index in [-0.39, 0.29) is 39.0 Å². The molecular formula is C24H26N2O4. The summed E-state index contributed by atoms with van der Waals surface area (Å²) in [5.41, 5.74) is 1.26. The Morgan fingerprint density at radius 2 is 1.53 bits per heavy atom. The average Bonchev–Trinajstić information content (AvgIpc) is 2.74. The van der Waals surface area contributed by atoms with E-state index in [9.17, 15) is 20.4 Å². The molecule has 0 amide bonds. The van der Waals surface area contributed by atoms with Crippen molar-refractivity contribution in [2.45, 2.75) is 19.3 Å². The Morgan fingerprint density at radius 1 is 0.867 bits per heavy atom. The Kier molecular flexibility index (Phi) is 5.42. The number of hydrogen-bond donors (Lipinski definition) is 4. The molecule has 0 unspecified atom stereocenters. The van der Waals surface area contributed by atoms with Crippen molar-refractivity contribution in [2.75, 3.05) is 19.6 Å². The Hall–Kier alpha value is -3.38. The first-order valence-electron chi connectivity index (χ1n) is 10.1. The van der Waals surface area contributed by atoms with Crippen LogP contribution in [-0.2, 0) is 6.42 Å². The van der Waals surface area contributed by atoms with Crippen molar-refractivity contribution in [1.29, 1.82) is 0 Å². The van der Waals surface area contributed by atoms with Crippen LogP contribution in [0.2, 0.25) is 0 Å². The number of aromatic hydroxyl groups is 4. The van der Waals surface area contributed by atoms with E-state index in [2.05, 4.69) is 28.7 Å². The number of benzene rings is 3. The summed E-state index contributed by atoms with van der Waals surface area (Å²) in [4.78, 5) is 0. The molecule has 3 aromatic rings. The van der Waals surface area contributed by atoms with Gasteiger partial charge >= 0.3 is 0 Å². The maximum atomic E-state index is 10.8. The number of phenolic OH excluding ortho intramolecular Hbond substituents is 4. The van der Waals surface area contributed by atoms with E-state index in [4.69, 9.17) is 0 Å². The van der Waals surface area contributed by atoms with Crippen LogP contribution in [0.5, 0.6) is 23.0 Å². The average molecular weight is 406 g/mol. The van der Waals surface area contributed by atoms with Crippen LogP contribution in [0, 0.1) is 0 Å². The second-order valence-electron chi connectivity index (χ2n) is 7.68. The molecule has 1 heterocycles. The maximum absolute atomic E-state index is 10.8. The number of phenols is 4. The molecule has 0 atom stereocenters. The zero-order valence-electron chi connectivity index (χ0n) is 16.8. The van der Waals surface area contributed by atoms with E-state index in [0.717, 1.165) is 38.9 Å². The molecular weight excluding hydrogens is 380 g/mol. The minimum absolute atomic E-state index is 0.00534. The number of hydrogen-bond acceptors (Lipinski definition) is 6. The molecule has 30 heavy (non-hydrogen) atoms. The van der Waals surface area contributed by atoms with E-state index in [1.54, 1.807) is 6.20 Å². The van der Waals surface area contributed by atoms with Crippen molar-refractivity contribution in [3.05, 3.63) is 58.5 Å². The molecule has 1 aliphatic rings. The molecule has 1 fully saturated rings. The molecule has 156 valence electrons. The highest BCUT2D eigenvalue weighted by Gasteiger charge is 2.19. The number of hydrazine groups is 1. The predicted octanol–water partition coefficient (Wildman–Crippen LogP) is 2.37. The predicted molar refractivity (Wildman–Crippen MR) is 118 cm³/mol. The number of nitrogens with zero attached hydrogens (tertiary/aromatic N) is 2. The van der Waals surface area contributed by atoms with Crippen LogP contribution in [0.25, 0.3) is 23.6 Å². The van der Waals surface area contributed by atoms with Crippen molar-refractivity contribution in [2.24, 2.45) is 0 Å². The van der Waals surface area contributed by atoms with Gasteiger partial charge in [0, 0.05) is 36.3 Å². The normalized spacial score (nSPS) is 15.7. The Bertz CT molecular complexity index is 1180. The molecule has 6 nitrogen and oxygen atoms in total. The van der Waals surface area contributed by atoms with Gasteiger partial charge in [-0.1, -0.05) is 36.9 Å². The highest BCUT2D eigenvalue weighted by atomic mass is 16.3. The van der Waals surface area contributed by atoms with Gasteiger partial charge in [0.15, 0.2) is 0 Å². The smallest absolute Gasteiger partial charge is 0.136 e. The van der Waals surface area contributed by atoms with Crippen molar-refractivity contribution in [1.82, 2.24) is 10.0 Å². The zero-order valence-corrected chi connectivity index (χ0v) is 16.8. The van der Waals surface area contributed by atoms with Crippen LogP contribution in [0.1, 0.15) is 18.4 Å². The molecule has 1 aliphatic heterocycles. The minimum atomic E-state index is -0.260.